The number of para-hydroxylation sites is 1. The lowest BCUT2D eigenvalue weighted by molar-refractivity contribution is 0.470. The molecule has 0 saturated heterocycles. The molecule has 0 atom stereocenters. The van der Waals surface area contributed by atoms with Gasteiger partial charge in [0.05, 0.1) is 5.02 Å². The molecule has 0 amide bonds. The van der Waals surface area contributed by atoms with Gasteiger partial charge in [-0.3, -0.25) is 0 Å². The van der Waals surface area contributed by atoms with Gasteiger partial charge >= 0.3 is 0 Å². The van der Waals surface area contributed by atoms with Gasteiger partial charge in [-0.25, -0.2) is 4.39 Å². The molecule has 2 aromatic rings. The van der Waals surface area contributed by atoms with Gasteiger partial charge in [-0.05, 0) is 55.3 Å². The maximum Gasteiger partial charge on any atom is 0.149 e. The van der Waals surface area contributed by atoms with Crippen molar-refractivity contribution in [2.24, 2.45) is 5.73 Å². The van der Waals surface area contributed by atoms with Crippen molar-refractivity contribution in [3.8, 4) is 11.5 Å². The highest BCUT2D eigenvalue weighted by molar-refractivity contribution is 6.32. The summed E-state index contributed by atoms with van der Waals surface area (Å²) in [6.45, 7) is 2.30. The van der Waals surface area contributed by atoms with E-state index in [0.29, 0.717) is 29.5 Å². The summed E-state index contributed by atoms with van der Waals surface area (Å²) in [7, 11) is 0. The van der Waals surface area contributed by atoms with E-state index < -0.39 is 0 Å². The zero-order chi connectivity index (χ0) is 13.8. The van der Waals surface area contributed by atoms with Crippen molar-refractivity contribution in [3.05, 3.63) is 58.4 Å². The summed E-state index contributed by atoms with van der Waals surface area (Å²) in [4.78, 5) is 0. The highest BCUT2D eigenvalue weighted by Crippen LogP contribution is 2.34. The quantitative estimate of drug-likeness (QED) is 0.915. The van der Waals surface area contributed by atoms with E-state index in [-0.39, 0.29) is 5.82 Å². The first-order valence-corrected chi connectivity index (χ1v) is 6.41. The predicted molar refractivity (Wildman–Crippen MR) is 75.4 cm³/mol. The van der Waals surface area contributed by atoms with Crippen LogP contribution >= 0.6 is 11.6 Å². The average Bonchev–Trinajstić information content (AvgIpc) is 2.36. The van der Waals surface area contributed by atoms with E-state index in [4.69, 9.17) is 22.1 Å². The molecule has 2 rings (SSSR count). The minimum Gasteiger partial charge on any atom is -0.455 e. The summed E-state index contributed by atoms with van der Waals surface area (Å²) in [5, 5.41) is 0.523. The van der Waals surface area contributed by atoms with E-state index in [1.54, 1.807) is 19.1 Å². The van der Waals surface area contributed by atoms with Crippen LogP contribution in [0.25, 0.3) is 0 Å². The smallest absolute Gasteiger partial charge is 0.149 e. The molecule has 2 aromatic carbocycles. The predicted octanol–water partition coefficient (Wildman–Crippen LogP) is 4.08. The van der Waals surface area contributed by atoms with Gasteiger partial charge in [-0.15, -0.1) is 0 Å². The number of benzene rings is 2. The Hall–Kier alpha value is -1.58. The fraction of sp³-hybridized carbons (Fsp3) is 0.200. The zero-order valence-electron chi connectivity index (χ0n) is 10.6. The second-order valence-electron chi connectivity index (χ2n) is 4.28. The zero-order valence-corrected chi connectivity index (χ0v) is 11.4. The number of rotatable bonds is 4. The van der Waals surface area contributed by atoms with Gasteiger partial charge in [-0.1, -0.05) is 23.7 Å². The molecule has 0 bridgehead atoms. The number of hydrogen-bond acceptors (Lipinski definition) is 2. The van der Waals surface area contributed by atoms with Gasteiger partial charge in [0.1, 0.15) is 17.3 Å². The maximum absolute atomic E-state index is 13.1. The Labute approximate surface area is 117 Å². The van der Waals surface area contributed by atoms with Crippen LogP contribution in [0, 0.1) is 12.7 Å². The van der Waals surface area contributed by atoms with Crippen molar-refractivity contribution >= 4 is 11.6 Å². The van der Waals surface area contributed by atoms with Crippen LogP contribution in [-0.4, -0.2) is 6.54 Å². The molecule has 0 radical (unpaired) electrons. The van der Waals surface area contributed by atoms with Gasteiger partial charge in [0.2, 0.25) is 0 Å². The first-order chi connectivity index (χ1) is 9.11. The molecule has 0 aliphatic rings. The molecular formula is C15H15ClFNO. The molecule has 0 fully saturated rings. The normalized spacial score (nSPS) is 10.5. The summed E-state index contributed by atoms with van der Waals surface area (Å²) >= 11 is 6.16. The summed E-state index contributed by atoms with van der Waals surface area (Å²) in [5.74, 6) is 0.892. The third-order valence-corrected chi connectivity index (χ3v) is 3.11. The van der Waals surface area contributed by atoms with Crippen molar-refractivity contribution in [1.82, 2.24) is 0 Å². The Balaban J connectivity index is 2.37. The fourth-order valence-corrected chi connectivity index (χ4v) is 2.09. The lowest BCUT2D eigenvalue weighted by Gasteiger charge is -2.14. The molecule has 0 aliphatic heterocycles. The molecule has 0 aromatic heterocycles. The van der Waals surface area contributed by atoms with Crippen LogP contribution in [-0.2, 0) is 6.42 Å². The van der Waals surface area contributed by atoms with Crippen LogP contribution in [0.15, 0.2) is 36.4 Å². The third kappa shape index (κ3) is 3.25. The topological polar surface area (TPSA) is 35.2 Å². The van der Waals surface area contributed by atoms with E-state index in [1.165, 1.54) is 12.1 Å². The molecule has 0 saturated carbocycles. The van der Waals surface area contributed by atoms with Crippen molar-refractivity contribution < 1.29 is 9.13 Å². The van der Waals surface area contributed by atoms with Gasteiger partial charge in [0, 0.05) is 0 Å². The highest BCUT2D eigenvalue weighted by Gasteiger charge is 2.11. The molecule has 2 N–H and O–H groups in total. The summed E-state index contributed by atoms with van der Waals surface area (Å²) in [6, 6.07) is 9.93. The minimum absolute atomic E-state index is 0.286. The second-order valence-corrected chi connectivity index (χ2v) is 4.69. The summed E-state index contributed by atoms with van der Waals surface area (Å²) in [6.07, 6.45) is 0.677. The van der Waals surface area contributed by atoms with E-state index in [0.717, 1.165) is 11.1 Å². The van der Waals surface area contributed by atoms with Crippen LogP contribution < -0.4 is 10.5 Å². The second kappa shape index (κ2) is 6.04. The Morgan fingerprint density at radius 2 is 2.05 bits per heavy atom. The van der Waals surface area contributed by atoms with E-state index in [9.17, 15) is 4.39 Å². The first kappa shape index (κ1) is 13.8. The molecule has 0 unspecified atom stereocenters. The number of nitrogens with two attached hydrogens (primary N) is 1. The van der Waals surface area contributed by atoms with Crippen molar-refractivity contribution in [2.75, 3.05) is 6.54 Å². The first-order valence-electron chi connectivity index (χ1n) is 6.03. The Kier molecular flexibility index (Phi) is 4.40. The Morgan fingerprint density at radius 3 is 2.74 bits per heavy atom. The van der Waals surface area contributed by atoms with Crippen LogP contribution in [0.4, 0.5) is 4.39 Å². The Bertz CT molecular complexity index is 586. The van der Waals surface area contributed by atoms with E-state index >= 15 is 0 Å². The number of hydrogen-bond donors (Lipinski definition) is 1. The van der Waals surface area contributed by atoms with Gasteiger partial charge in [0.25, 0.3) is 0 Å². The summed E-state index contributed by atoms with van der Waals surface area (Å²) in [5.41, 5.74) is 7.24. The number of halogens is 2. The van der Waals surface area contributed by atoms with Crippen LogP contribution in [0.1, 0.15) is 11.1 Å². The molecule has 4 heteroatoms. The fourth-order valence-electron chi connectivity index (χ4n) is 1.86. The maximum atomic E-state index is 13.1. The van der Waals surface area contributed by atoms with Crippen molar-refractivity contribution in [3.63, 3.8) is 0 Å². The van der Waals surface area contributed by atoms with Gasteiger partial charge < -0.3 is 10.5 Å². The molecular weight excluding hydrogens is 265 g/mol. The standard InChI is InChI=1S/C15H15ClFNO/c1-10-9-12(17)5-6-14(10)19-15-11(7-8-18)3-2-4-13(15)16/h2-6,9H,7-8,18H2,1H3. The molecule has 2 nitrogen and oxygen atoms in total. The van der Waals surface area contributed by atoms with Crippen molar-refractivity contribution in [2.45, 2.75) is 13.3 Å². The van der Waals surface area contributed by atoms with Crippen LogP contribution in [0.3, 0.4) is 0 Å². The molecule has 100 valence electrons. The Morgan fingerprint density at radius 1 is 1.26 bits per heavy atom. The third-order valence-electron chi connectivity index (χ3n) is 2.81. The SMILES string of the molecule is Cc1cc(F)ccc1Oc1c(Cl)cccc1CCN. The van der Waals surface area contributed by atoms with E-state index in [1.807, 2.05) is 12.1 Å². The minimum atomic E-state index is -0.286. The highest BCUT2D eigenvalue weighted by atomic mass is 35.5. The number of ether oxygens (including phenoxy) is 1. The molecule has 19 heavy (non-hydrogen) atoms. The van der Waals surface area contributed by atoms with E-state index in [2.05, 4.69) is 0 Å². The monoisotopic (exact) mass is 279 g/mol. The van der Waals surface area contributed by atoms with Gasteiger partial charge in [0.15, 0.2) is 0 Å². The summed E-state index contributed by atoms with van der Waals surface area (Å²) < 4.78 is 18.9. The van der Waals surface area contributed by atoms with Crippen molar-refractivity contribution in [1.29, 1.82) is 0 Å². The van der Waals surface area contributed by atoms with Gasteiger partial charge in [-0.2, -0.15) is 0 Å². The molecule has 0 aliphatic carbocycles. The van der Waals surface area contributed by atoms with Crippen LogP contribution in [0.2, 0.25) is 5.02 Å². The average molecular weight is 280 g/mol. The number of aryl methyl sites for hydroxylation is 1. The van der Waals surface area contributed by atoms with Crippen LogP contribution in [0.5, 0.6) is 11.5 Å². The largest absolute Gasteiger partial charge is 0.455 e. The lowest BCUT2D eigenvalue weighted by Crippen LogP contribution is -2.04. The molecule has 0 heterocycles. The molecule has 0 spiro atoms. The lowest BCUT2D eigenvalue weighted by atomic mass is 10.1.